The molecule has 0 fully saturated rings. The highest BCUT2D eigenvalue weighted by Crippen LogP contribution is 2.27. The van der Waals surface area contributed by atoms with Crippen molar-refractivity contribution in [2.45, 2.75) is 27.2 Å². The number of carbonyl (C=O) groups excluding carboxylic acids is 1. The summed E-state index contributed by atoms with van der Waals surface area (Å²) in [6.45, 7) is 6.23. The molecule has 2 rings (SSSR count). The molecule has 90 valence electrons. The van der Waals surface area contributed by atoms with Crippen LogP contribution in [0, 0.1) is 5.41 Å². The molecule has 1 aromatic heterocycles. The minimum Gasteiger partial charge on any atom is -0.286 e. The van der Waals surface area contributed by atoms with Gasteiger partial charge in [0.05, 0.1) is 5.52 Å². The van der Waals surface area contributed by atoms with Crippen molar-refractivity contribution in [2.24, 2.45) is 5.41 Å². The molecule has 0 radical (unpaired) electrons. The second-order valence-electron chi connectivity index (χ2n) is 5.49. The molecule has 0 aliphatic carbocycles. The van der Waals surface area contributed by atoms with E-state index >= 15 is 0 Å². The van der Waals surface area contributed by atoms with Crippen molar-refractivity contribution in [1.29, 1.82) is 0 Å². The highest BCUT2D eigenvalue weighted by atomic mass is 79.9. The van der Waals surface area contributed by atoms with Crippen molar-refractivity contribution in [3.05, 3.63) is 34.9 Å². The Morgan fingerprint density at radius 2 is 2.00 bits per heavy atom. The summed E-state index contributed by atoms with van der Waals surface area (Å²) in [4.78, 5) is 12.2. The van der Waals surface area contributed by atoms with Crippen LogP contribution >= 0.6 is 15.9 Å². The van der Waals surface area contributed by atoms with Gasteiger partial charge >= 0.3 is 0 Å². The molecule has 0 unspecified atom stereocenters. The van der Waals surface area contributed by atoms with E-state index in [2.05, 4.69) is 36.7 Å². The summed E-state index contributed by atoms with van der Waals surface area (Å²) in [5.74, 6) is 0.138. The molecule has 0 saturated heterocycles. The SMILES string of the molecule is CC(C)(C)CC(=O)n1ccc2cccc(Br)c21. The van der Waals surface area contributed by atoms with Gasteiger partial charge in [0.1, 0.15) is 0 Å². The third kappa shape index (κ3) is 2.60. The van der Waals surface area contributed by atoms with Crippen molar-refractivity contribution >= 4 is 32.7 Å². The molecule has 2 aromatic rings. The van der Waals surface area contributed by atoms with Gasteiger partial charge in [-0.05, 0) is 33.5 Å². The topological polar surface area (TPSA) is 22.0 Å². The lowest BCUT2D eigenvalue weighted by Gasteiger charge is -2.17. The third-order valence-electron chi connectivity index (χ3n) is 2.61. The third-order valence-corrected chi connectivity index (χ3v) is 3.25. The van der Waals surface area contributed by atoms with Crippen LogP contribution in [0.5, 0.6) is 0 Å². The van der Waals surface area contributed by atoms with E-state index in [1.54, 1.807) is 4.57 Å². The maximum atomic E-state index is 12.2. The summed E-state index contributed by atoms with van der Waals surface area (Å²) in [5.41, 5.74) is 0.969. The number of hydrogen-bond donors (Lipinski definition) is 0. The Balaban J connectivity index is 2.46. The number of aromatic nitrogens is 1. The van der Waals surface area contributed by atoms with Gasteiger partial charge in [-0.15, -0.1) is 0 Å². The summed E-state index contributed by atoms with van der Waals surface area (Å²) < 4.78 is 2.70. The first kappa shape index (κ1) is 12.4. The second kappa shape index (κ2) is 4.30. The van der Waals surface area contributed by atoms with E-state index in [1.165, 1.54) is 0 Å². The van der Waals surface area contributed by atoms with Crippen molar-refractivity contribution in [3.63, 3.8) is 0 Å². The minimum absolute atomic E-state index is 0.00886. The van der Waals surface area contributed by atoms with Gasteiger partial charge in [0.2, 0.25) is 5.91 Å². The van der Waals surface area contributed by atoms with Crippen molar-refractivity contribution in [2.75, 3.05) is 0 Å². The average molecular weight is 294 g/mol. The molecule has 0 aliphatic heterocycles. The second-order valence-corrected chi connectivity index (χ2v) is 6.35. The molecular weight excluding hydrogens is 278 g/mol. The molecule has 1 aromatic carbocycles. The Labute approximate surface area is 110 Å². The zero-order chi connectivity index (χ0) is 12.6. The van der Waals surface area contributed by atoms with Gasteiger partial charge in [-0.1, -0.05) is 32.9 Å². The van der Waals surface area contributed by atoms with Crippen molar-refractivity contribution < 1.29 is 4.79 Å². The highest BCUT2D eigenvalue weighted by molar-refractivity contribution is 9.10. The summed E-state index contributed by atoms with van der Waals surface area (Å²) in [6.07, 6.45) is 2.39. The number of benzene rings is 1. The molecule has 3 heteroatoms. The first-order valence-electron chi connectivity index (χ1n) is 5.67. The van der Waals surface area contributed by atoms with Crippen molar-refractivity contribution in [1.82, 2.24) is 4.57 Å². The lowest BCUT2D eigenvalue weighted by atomic mass is 9.92. The fourth-order valence-corrected chi connectivity index (χ4v) is 2.47. The minimum atomic E-state index is 0.00886. The van der Waals surface area contributed by atoms with Crippen LogP contribution in [0.25, 0.3) is 10.9 Å². The Kier molecular flexibility index (Phi) is 3.13. The standard InChI is InChI=1S/C14H16BrNO/c1-14(2,3)9-12(17)16-8-7-10-5-4-6-11(15)13(10)16/h4-8H,9H2,1-3H3. The van der Waals surface area contributed by atoms with Gasteiger partial charge in [0.25, 0.3) is 0 Å². The molecule has 0 aliphatic rings. The Hall–Kier alpha value is -1.09. The average Bonchev–Trinajstić information content (AvgIpc) is 2.60. The quantitative estimate of drug-likeness (QED) is 0.760. The normalized spacial score (nSPS) is 12.0. The molecule has 1 heterocycles. The number of carbonyl (C=O) groups is 1. The van der Waals surface area contributed by atoms with Gasteiger partial charge in [-0.3, -0.25) is 9.36 Å². The summed E-state index contributed by atoms with van der Waals surface area (Å²) >= 11 is 3.50. The number of nitrogens with zero attached hydrogens (tertiary/aromatic N) is 1. The van der Waals surface area contributed by atoms with E-state index in [1.807, 2.05) is 30.5 Å². The van der Waals surface area contributed by atoms with Gasteiger partial charge in [-0.25, -0.2) is 0 Å². The molecular formula is C14H16BrNO. The molecule has 0 N–H and O–H groups in total. The lowest BCUT2D eigenvalue weighted by molar-refractivity contribution is 0.0862. The van der Waals surface area contributed by atoms with Gasteiger partial charge < -0.3 is 0 Å². The van der Waals surface area contributed by atoms with Gasteiger partial charge in [-0.2, -0.15) is 0 Å². The summed E-state index contributed by atoms with van der Waals surface area (Å²) in [5, 5.41) is 1.08. The van der Waals surface area contributed by atoms with Crippen LogP contribution in [0.4, 0.5) is 0 Å². The van der Waals surface area contributed by atoms with E-state index in [9.17, 15) is 4.79 Å². The predicted octanol–water partition coefficient (Wildman–Crippen LogP) is 4.48. The Morgan fingerprint density at radius 1 is 1.29 bits per heavy atom. The molecule has 0 amide bonds. The smallest absolute Gasteiger partial charge is 0.231 e. The van der Waals surface area contributed by atoms with Crippen LogP contribution in [0.1, 0.15) is 32.0 Å². The number of para-hydroxylation sites is 1. The van der Waals surface area contributed by atoms with Crippen molar-refractivity contribution in [3.8, 4) is 0 Å². The van der Waals surface area contributed by atoms with E-state index in [4.69, 9.17) is 0 Å². The Bertz CT molecular complexity index is 563. The number of halogens is 1. The number of rotatable bonds is 1. The maximum absolute atomic E-state index is 12.2. The molecule has 0 atom stereocenters. The molecule has 2 nitrogen and oxygen atoms in total. The first-order chi connectivity index (χ1) is 7.88. The van der Waals surface area contributed by atoms with E-state index in [-0.39, 0.29) is 11.3 Å². The molecule has 0 spiro atoms. The van der Waals surface area contributed by atoms with Gasteiger partial charge in [0, 0.05) is 22.5 Å². The van der Waals surface area contributed by atoms with Gasteiger partial charge in [0.15, 0.2) is 0 Å². The van der Waals surface area contributed by atoms with E-state index in [0.29, 0.717) is 6.42 Å². The van der Waals surface area contributed by atoms with Crippen LogP contribution in [0.3, 0.4) is 0 Å². The lowest BCUT2D eigenvalue weighted by Crippen LogP contribution is -2.18. The van der Waals surface area contributed by atoms with E-state index < -0.39 is 0 Å². The summed E-state index contributed by atoms with van der Waals surface area (Å²) in [7, 11) is 0. The fraction of sp³-hybridized carbons (Fsp3) is 0.357. The Morgan fingerprint density at radius 3 is 2.65 bits per heavy atom. The maximum Gasteiger partial charge on any atom is 0.231 e. The van der Waals surface area contributed by atoms with Crippen LogP contribution in [-0.2, 0) is 0 Å². The van der Waals surface area contributed by atoms with Crippen LogP contribution < -0.4 is 0 Å². The van der Waals surface area contributed by atoms with Crippen LogP contribution in [-0.4, -0.2) is 10.5 Å². The zero-order valence-electron chi connectivity index (χ0n) is 10.3. The van der Waals surface area contributed by atoms with E-state index in [0.717, 1.165) is 15.4 Å². The first-order valence-corrected chi connectivity index (χ1v) is 6.46. The molecule has 17 heavy (non-hydrogen) atoms. The summed E-state index contributed by atoms with van der Waals surface area (Å²) in [6, 6.07) is 7.93. The van der Waals surface area contributed by atoms with Crippen LogP contribution in [0.2, 0.25) is 0 Å². The predicted molar refractivity (Wildman–Crippen MR) is 74.3 cm³/mol. The number of fused-ring (bicyclic) bond motifs is 1. The largest absolute Gasteiger partial charge is 0.286 e. The molecule has 0 saturated carbocycles. The number of hydrogen-bond acceptors (Lipinski definition) is 1. The highest BCUT2D eigenvalue weighted by Gasteiger charge is 2.19. The molecule has 0 bridgehead atoms. The van der Waals surface area contributed by atoms with Crippen LogP contribution in [0.15, 0.2) is 34.9 Å². The fourth-order valence-electron chi connectivity index (χ4n) is 1.90. The zero-order valence-corrected chi connectivity index (χ0v) is 11.9. The monoisotopic (exact) mass is 293 g/mol.